The summed E-state index contributed by atoms with van der Waals surface area (Å²) < 4.78 is 5.10. The molecule has 4 heteroatoms. The van der Waals surface area contributed by atoms with Crippen LogP contribution in [0.5, 0.6) is 0 Å². The molecule has 0 aliphatic carbocycles. The van der Waals surface area contributed by atoms with Crippen LogP contribution in [-0.4, -0.2) is 88.3 Å². The molecule has 2 saturated heterocycles. The van der Waals surface area contributed by atoms with Gasteiger partial charge in [-0.05, 0) is 21.1 Å². The van der Waals surface area contributed by atoms with Crippen LogP contribution >= 0.6 is 0 Å². The molecule has 2 aliphatic heterocycles. The summed E-state index contributed by atoms with van der Waals surface area (Å²) in [6.07, 6.45) is 0. The fourth-order valence-electron chi connectivity index (χ4n) is 1.56. The van der Waals surface area contributed by atoms with Crippen molar-refractivity contribution in [2.24, 2.45) is 0 Å². The lowest BCUT2D eigenvalue weighted by Crippen LogP contribution is -2.42. The molecule has 0 aromatic rings. The maximum atomic E-state index is 5.10. The second-order valence-corrected chi connectivity index (χ2v) is 4.52. The van der Waals surface area contributed by atoms with Gasteiger partial charge < -0.3 is 19.4 Å². The highest BCUT2D eigenvalue weighted by molar-refractivity contribution is 4.64. The topological polar surface area (TPSA) is 19.0 Å². The summed E-state index contributed by atoms with van der Waals surface area (Å²) in [5.74, 6) is 0. The molecule has 4 nitrogen and oxygen atoms in total. The number of hydrogen-bond acceptors (Lipinski definition) is 4. The van der Waals surface area contributed by atoms with Crippen molar-refractivity contribution in [1.29, 1.82) is 0 Å². The standard InChI is InChI=1S/C6H14N2.C5H11NO.2CH4/c1-7-3-5-8(2)6-4-7;1-6-2-4-7-5-3-6;;/h3-6H2,1-2H3;2-5H2,1H3;2*1H4. The molecule has 106 valence electrons. The van der Waals surface area contributed by atoms with Crippen molar-refractivity contribution in [2.45, 2.75) is 14.9 Å². The monoisotopic (exact) mass is 247 g/mol. The lowest BCUT2D eigenvalue weighted by molar-refractivity contribution is 0.0503. The van der Waals surface area contributed by atoms with E-state index in [-0.39, 0.29) is 14.9 Å². The zero-order valence-electron chi connectivity index (χ0n) is 10.4. The molecule has 0 N–H and O–H groups in total. The van der Waals surface area contributed by atoms with Crippen molar-refractivity contribution < 1.29 is 4.74 Å². The molecule has 0 aromatic heterocycles. The van der Waals surface area contributed by atoms with Crippen LogP contribution in [-0.2, 0) is 4.74 Å². The molecule has 0 aromatic carbocycles. The molecule has 2 fully saturated rings. The van der Waals surface area contributed by atoms with E-state index < -0.39 is 0 Å². The van der Waals surface area contributed by atoms with E-state index in [0.29, 0.717) is 0 Å². The van der Waals surface area contributed by atoms with Gasteiger partial charge in [0, 0.05) is 39.3 Å². The zero-order chi connectivity index (χ0) is 11.1. The number of likely N-dealkylation sites (N-methyl/N-ethyl adjacent to an activating group) is 3. The highest BCUT2D eigenvalue weighted by Gasteiger charge is 2.07. The van der Waals surface area contributed by atoms with E-state index in [2.05, 4.69) is 35.8 Å². The van der Waals surface area contributed by atoms with Gasteiger partial charge in [0.1, 0.15) is 0 Å². The first kappa shape index (κ1) is 19.2. The summed E-state index contributed by atoms with van der Waals surface area (Å²) >= 11 is 0. The van der Waals surface area contributed by atoms with Gasteiger partial charge in [-0.2, -0.15) is 0 Å². The first-order valence-corrected chi connectivity index (χ1v) is 5.82. The van der Waals surface area contributed by atoms with Gasteiger partial charge in [0.15, 0.2) is 0 Å². The summed E-state index contributed by atoms with van der Waals surface area (Å²) in [7, 11) is 6.46. The second kappa shape index (κ2) is 11.0. The van der Waals surface area contributed by atoms with E-state index in [4.69, 9.17) is 4.74 Å². The SMILES string of the molecule is C.C.CN1CCN(C)CC1.CN1CCOCC1. The van der Waals surface area contributed by atoms with E-state index in [9.17, 15) is 0 Å². The summed E-state index contributed by atoms with van der Waals surface area (Å²) in [6, 6.07) is 0. The lowest BCUT2D eigenvalue weighted by atomic mass is 10.4. The van der Waals surface area contributed by atoms with Gasteiger partial charge in [0.25, 0.3) is 0 Å². The Morgan fingerprint density at radius 3 is 1.12 bits per heavy atom. The quantitative estimate of drug-likeness (QED) is 0.638. The minimum Gasteiger partial charge on any atom is -0.379 e. The molecule has 0 spiro atoms. The molecular weight excluding hydrogens is 214 g/mol. The van der Waals surface area contributed by atoms with Crippen molar-refractivity contribution in [3.05, 3.63) is 0 Å². The number of rotatable bonds is 0. The zero-order valence-corrected chi connectivity index (χ0v) is 10.4. The van der Waals surface area contributed by atoms with Crippen LogP contribution in [0.2, 0.25) is 0 Å². The lowest BCUT2D eigenvalue weighted by Gasteiger charge is -2.28. The third kappa shape index (κ3) is 9.53. The highest BCUT2D eigenvalue weighted by Crippen LogP contribution is 1.93. The predicted octanol–water partition coefficient (Wildman–Crippen LogP) is 1.08. The normalized spacial score (nSPS) is 22.8. The molecule has 2 heterocycles. The fraction of sp³-hybridized carbons (Fsp3) is 1.00. The van der Waals surface area contributed by atoms with Gasteiger partial charge in [-0.15, -0.1) is 0 Å². The number of nitrogens with zero attached hydrogens (tertiary/aromatic N) is 3. The van der Waals surface area contributed by atoms with E-state index in [1.165, 1.54) is 26.2 Å². The van der Waals surface area contributed by atoms with Crippen molar-refractivity contribution in [3.8, 4) is 0 Å². The molecule has 0 radical (unpaired) electrons. The molecule has 0 amide bonds. The minimum atomic E-state index is 0. The highest BCUT2D eigenvalue weighted by atomic mass is 16.5. The van der Waals surface area contributed by atoms with Crippen LogP contribution in [0.15, 0.2) is 0 Å². The Hall–Kier alpha value is -0.160. The summed E-state index contributed by atoms with van der Waals surface area (Å²) in [6.45, 7) is 8.95. The summed E-state index contributed by atoms with van der Waals surface area (Å²) in [4.78, 5) is 6.99. The van der Waals surface area contributed by atoms with Crippen molar-refractivity contribution >= 4 is 0 Å². The van der Waals surface area contributed by atoms with Gasteiger partial charge in [-0.25, -0.2) is 0 Å². The van der Waals surface area contributed by atoms with Gasteiger partial charge in [-0.1, -0.05) is 14.9 Å². The van der Waals surface area contributed by atoms with E-state index in [0.717, 1.165) is 26.3 Å². The summed E-state index contributed by atoms with van der Waals surface area (Å²) in [5.41, 5.74) is 0. The van der Waals surface area contributed by atoms with Crippen LogP contribution in [0, 0.1) is 0 Å². The Morgan fingerprint density at radius 1 is 0.588 bits per heavy atom. The minimum absolute atomic E-state index is 0. The Bertz CT molecular complexity index is 143. The Balaban J connectivity index is 0. The van der Waals surface area contributed by atoms with Gasteiger partial charge in [-0.3, -0.25) is 0 Å². The largest absolute Gasteiger partial charge is 0.379 e. The van der Waals surface area contributed by atoms with Crippen LogP contribution in [0.25, 0.3) is 0 Å². The van der Waals surface area contributed by atoms with Crippen LogP contribution in [0.3, 0.4) is 0 Å². The number of hydrogen-bond donors (Lipinski definition) is 0. The van der Waals surface area contributed by atoms with Crippen LogP contribution in [0.1, 0.15) is 14.9 Å². The van der Waals surface area contributed by atoms with Gasteiger partial charge in [0.2, 0.25) is 0 Å². The smallest absolute Gasteiger partial charge is 0.0594 e. The van der Waals surface area contributed by atoms with Crippen molar-refractivity contribution in [2.75, 3.05) is 73.6 Å². The first-order valence-electron chi connectivity index (χ1n) is 5.82. The fourth-order valence-corrected chi connectivity index (χ4v) is 1.56. The third-order valence-electron chi connectivity index (χ3n) is 2.96. The maximum Gasteiger partial charge on any atom is 0.0594 e. The van der Waals surface area contributed by atoms with Crippen LogP contribution < -0.4 is 0 Å². The molecule has 17 heavy (non-hydrogen) atoms. The number of morpholine rings is 1. The van der Waals surface area contributed by atoms with Crippen molar-refractivity contribution in [1.82, 2.24) is 14.7 Å². The second-order valence-electron chi connectivity index (χ2n) is 4.52. The Kier molecular flexibility index (Phi) is 12.4. The molecule has 0 unspecified atom stereocenters. The number of piperazine rings is 1. The third-order valence-corrected chi connectivity index (χ3v) is 2.96. The average molecular weight is 247 g/mol. The van der Waals surface area contributed by atoms with Crippen molar-refractivity contribution in [3.63, 3.8) is 0 Å². The van der Waals surface area contributed by atoms with E-state index >= 15 is 0 Å². The molecule has 2 rings (SSSR count). The summed E-state index contributed by atoms with van der Waals surface area (Å²) in [5, 5.41) is 0. The molecule has 0 atom stereocenters. The van der Waals surface area contributed by atoms with E-state index in [1.807, 2.05) is 0 Å². The molecular formula is C13H33N3O. The molecule has 0 bridgehead atoms. The Labute approximate surface area is 109 Å². The van der Waals surface area contributed by atoms with Gasteiger partial charge in [0.05, 0.1) is 13.2 Å². The average Bonchev–Trinajstić information content (AvgIpc) is 2.25. The molecule has 2 aliphatic rings. The maximum absolute atomic E-state index is 5.10. The predicted molar refractivity (Wildman–Crippen MR) is 76.8 cm³/mol. The van der Waals surface area contributed by atoms with Crippen LogP contribution in [0.4, 0.5) is 0 Å². The molecule has 0 saturated carbocycles. The van der Waals surface area contributed by atoms with Gasteiger partial charge >= 0.3 is 0 Å². The van der Waals surface area contributed by atoms with E-state index in [1.54, 1.807) is 0 Å². The Morgan fingerprint density at radius 2 is 0.882 bits per heavy atom. The first-order chi connectivity index (χ1) is 7.18. The number of ether oxygens (including phenoxy) is 1.